The van der Waals surface area contributed by atoms with E-state index in [1.165, 1.54) is 13.2 Å². The molecule has 2 N–H and O–H groups in total. The molecule has 1 aliphatic heterocycles. The molecule has 7 heteroatoms. The molecule has 0 radical (unpaired) electrons. The number of aliphatic hydroxyl groups is 1. The number of rotatable bonds is 6. The van der Waals surface area contributed by atoms with E-state index in [0.29, 0.717) is 12.8 Å². The van der Waals surface area contributed by atoms with Crippen LogP contribution in [0.2, 0.25) is 0 Å². The number of methoxy groups -OCH3 is 1. The number of benzene rings is 1. The van der Waals surface area contributed by atoms with Gasteiger partial charge in [0.05, 0.1) is 12.7 Å². The number of nitrogens with one attached hydrogen (secondary N) is 1. The fourth-order valence-electron chi connectivity index (χ4n) is 2.98. The Kier molecular flexibility index (Phi) is 6.26. The molecule has 0 aliphatic carbocycles. The highest BCUT2D eigenvalue weighted by Crippen LogP contribution is 2.38. The lowest BCUT2D eigenvalue weighted by Gasteiger charge is -2.36. The van der Waals surface area contributed by atoms with Crippen LogP contribution in [0.3, 0.4) is 0 Å². The summed E-state index contributed by atoms with van der Waals surface area (Å²) in [6.45, 7) is 3.39. The molecule has 1 aromatic rings. The molecule has 2 rings (SSSR count). The highest BCUT2D eigenvalue weighted by atomic mass is 19.4. The maximum absolute atomic E-state index is 12.9. The molecule has 1 heterocycles. The summed E-state index contributed by atoms with van der Waals surface area (Å²) in [5, 5.41) is 12.4. The van der Waals surface area contributed by atoms with Gasteiger partial charge in [-0.3, -0.25) is 4.90 Å². The number of aliphatic hydroxyl groups excluding tert-OH is 1. The first-order valence-electron chi connectivity index (χ1n) is 7.78. The summed E-state index contributed by atoms with van der Waals surface area (Å²) < 4.78 is 43.9. The van der Waals surface area contributed by atoms with E-state index in [-0.39, 0.29) is 18.4 Å². The maximum atomic E-state index is 12.9. The monoisotopic (exact) mass is 332 g/mol. The average molecular weight is 332 g/mol. The summed E-state index contributed by atoms with van der Waals surface area (Å²) >= 11 is 0. The number of halogens is 3. The van der Waals surface area contributed by atoms with E-state index >= 15 is 0 Å². The van der Waals surface area contributed by atoms with Gasteiger partial charge in [0, 0.05) is 44.4 Å². The minimum absolute atomic E-state index is 0.0542. The second-order valence-corrected chi connectivity index (χ2v) is 5.62. The second-order valence-electron chi connectivity index (χ2n) is 5.62. The van der Waals surface area contributed by atoms with Gasteiger partial charge < -0.3 is 15.2 Å². The Morgan fingerprint density at radius 1 is 1.30 bits per heavy atom. The molecular weight excluding hydrogens is 309 g/mol. The lowest BCUT2D eigenvalue weighted by atomic mass is 9.97. The molecule has 130 valence electrons. The van der Waals surface area contributed by atoms with Crippen LogP contribution in [0.25, 0.3) is 0 Å². The summed E-state index contributed by atoms with van der Waals surface area (Å²) in [6, 6.07) is 3.61. The van der Waals surface area contributed by atoms with Crippen molar-refractivity contribution in [2.75, 3.05) is 39.9 Å². The van der Waals surface area contributed by atoms with E-state index in [2.05, 4.69) is 10.2 Å². The zero-order valence-corrected chi connectivity index (χ0v) is 13.2. The van der Waals surface area contributed by atoms with Gasteiger partial charge in [0.15, 0.2) is 0 Å². The third-order valence-electron chi connectivity index (χ3n) is 4.15. The Morgan fingerprint density at radius 2 is 2.00 bits per heavy atom. The van der Waals surface area contributed by atoms with Crippen molar-refractivity contribution in [2.45, 2.75) is 25.1 Å². The summed E-state index contributed by atoms with van der Waals surface area (Å²) in [5.74, 6) is 0.251. The first-order chi connectivity index (χ1) is 11.0. The van der Waals surface area contributed by atoms with Crippen molar-refractivity contribution < 1.29 is 23.0 Å². The van der Waals surface area contributed by atoms with E-state index < -0.39 is 11.7 Å². The van der Waals surface area contributed by atoms with Crippen molar-refractivity contribution in [3.05, 3.63) is 29.3 Å². The van der Waals surface area contributed by atoms with Crippen molar-refractivity contribution in [3.8, 4) is 5.75 Å². The number of piperazine rings is 1. The molecule has 1 aromatic carbocycles. The van der Waals surface area contributed by atoms with Crippen LogP contribution >= 0.6 is 0 Å². The van der Waals surface area contributed by atoms with E-state index in [0.717, 1.165) is 43.9 Å². The summed E-state index contributed by atoms with van der Waals surface area (Å²) in [4.78, 5) is 2.23. The smallest absolute Gasteiger partial charge is 0.416 e. The highest BCUT2D eigenvalue weighted by Gasteiger charge is 2.32. The zero-order chi connectivity index (χ0) is 16.9. The van der Waals surface area contributed by atoms with Crippen LogP contribution in [0.4, 0.5) is 13.2 Å². The van der Waals surface area contributed by atoms with E-state index in [4.69, 9.17) is 9.84 Å². The van der Waals surface area contributed by atoms with Crippen LogP contribution in [0.5, 0.6) is 5.75 Å². The van der Waals surface area contributed by atoms with E-state index in [1.807, 2.05) is 0 Å². The molecule has 1 saturated heterocycles. The molecule has 1 aliphatic rings. The standard InChI is InChI=1S/C16H23F3N2O2/c1-23-15-11-12(16(17,18)19)4-5-13(15)14(3-2-10-22)21-8-6-20-7-9-21/h4-5,11,14,20,22H,2-3,6-10H2,1H3/t14-/m0/s1. The molecule has 0 bridgehead atoms. The molecule has 0 spiro atoms. The molecule has 4 nitrogen and oxygen atoms in total. The van der Waals surface area contributed by atoms with E-state index in [9.17, 15) is 13.2 Å². The Hall–Kier alpha value is -1.31. The molecular formula is C16H23F3N2O2. The van der Waals surface area contributed by atoms with Gasteiger partial charge in [0.25, 0.3) is 0 Å². The van der Waals surface area contributed by atoms with Crippen molar-refractivity contribution >= 4 is 0 Å². The van der Waals surface area contributed by atoms with Crippen LogP contribution in [0, 0.1) is 0 Å². The van der Waals surface area contributed by atoms with Gasteiger partial charge in [-0.15, -0.1) is 0 Å². The number of hydrogen-bond acceptors (Lipinski definition) is 4. The fourth-order valence-corrected chi connectivity index (χ4v) is 2.98. The SMILES string of the molecule is COc1cc(C(F)(F)F)ccc1[C@H](CCCO)N1CCNCC1. The van der Waals surface area contributed by atoms with Crippen LogP contribution in [0.15, 0.2) is 18.2 Å². The number of ether oxygens (including phenoxy) is 1. The van der Waals surface area contributed by atoms with Crippen LogP contribution < -0.4 is 10.1 Å². The number of nitrogens with zero attached hydrogens (tertiary/aromatic N) is 1. The third-order valence-corrected chi connectivity index (χ3v) is 4.15. The first-order valence-corrected chi connectivity index (χ1v) is 7.78. The summed E-state index contributed by atoms with van der Waals surface area (Å²) in [5.41, 5.74) is 0.0372. The Balaban J connectivity index is 2.32. The number of alkyl halides is 3. The van der Waals surface area contributed by atoms with Crippen molar-refractivity contribution in [3.63, 3.8) is 0 Å². The van der Waals surface area contributed by atoms with Gasteiger partial charge in [-0.05, 0) is 25.0 Å². The Bertz CT molecular complexity index is 503. The van der Waals surface area contributed by atoms with Gasteiger partial charge in [-0.1, -0.05) is 6.07 Å². The predicted molar refractivity (Wildman–Crippen MR) is 81.5 cm³/mol. The molecule has 0 aromatic heterocycles. The Morgan fingerprint density at radius 3 is 2.57 bits per heavy atom. The van der Waals surface area contributed by atoms with E-state index in [1.54, 1.807) is 0 Å². The molecule has 23 heavy (non-hydrogen) atoms. The lowest BCUT2D eigenvalue weighted by Crippen LogP contribution is -2.45. The minimum Gasteiger partial charge on any atom is -0.496 e. The van der Waals surface area contributed by atoms with Gasteiger partial charge >= 0.3 is 6.18 Å². The maximum Gasteiger partial charge on any atom is 0.416 e. The topological polar surface area (TPSA) is 44.7 Å². The quantitative estimate of drug-likeness (QED) is 0.840. The predicted octanol–water partition coefficient (Wildman–Crippen LogP) is 2.43. The van der Waals surface area contributed by atoms with Gasteiger partial charge in [-0.25, -0.2) is 0 Å². The van der Waals surface area contributed by atoms with Crippen LogP contribution in [-0.2, 0) is 6.18 Å². The van der Waals surface area contributed by atoms with Crippen LogP contribution in [-0.4, -0.2) is 49.9 Å². The summed E-state index contributed by atoms with van der Waals surface area (Å²) in [7, 11) is 1.39. The number of hydrogen-bond donors (Lipinski definition) is 2. The molecule has 0 saturated carbocycles. The fraction of sp³-hybridized carbons (Fsp3) is 0.625. The zero-order valence-electron chi connectivity index (χ0n) is 13.2. The average Bonchev–Trinajstić information content (AvgIpc) is 2.55. The largest absolute Gasteiger partial charge is 0.496 e. The molecule has 0 unspecified atom stereocenters. The minimum atomic E-state index is -4.39. The summed E-state index contributed by atoms with van der Waals surface area (Å²) in [6.07, 6.45) is -3.11. The van der Waals surface area contributed by atoms with Gasteiger partial charge in [-0.2, -0.15) is 13.2 Å². The molecule has 0 amide bonds. The van der Waals surface area contributed by atoms with Crippen molar-refractivity contribution in [2.24, 2.45) is 0 Å². The third kappa shape index (κ3) is 4.59. The molecule has 1 atom stereocenters. The van der Waals surface area contributed by atoms with Gasteiger partial charge in [0.1, 0.15) is 5.75 Å². The lowest BCUT2D eigenvalue weighted by molar-refractivity contribution is -0.137. The van der Waals surface area contributed by atoms with Crippen LogP contribution in [0.1, 0.15) is 30.0 Å². The highest BCUT2D eigenvalue weighted by molar-refractivity contribution is 5.41. The second kappa shape index (κ2) is 7.99. The van der Waals surface area contributed by atoms with Gasteiger partial charge in [0.2, 0.25) is 0 Å². The first kappa shape index (κ1) is 18.0. The van der Waals surface area contributed by atoms with Crippen molar-refractivity contribution in [1.82, 2.24) is 10.2 Å². The Labute approximate surface area is 134 Å². The van der Waals surface area contributed by atoms with Crippen molar-refractivity contribution in [1.29, 1.82) is 0 Å². The molecule has 1 fully saturated rings. The normalized spacial score (nSPS) is 18.0.